The highest BCUT2D eigenvalue weighted by molar-refractivity contribution is 6.21. The Morgan fingerprint density at radius 3 is 2.68 bits per heavy atom. The standard InChI is InChI=1S/C21H22N4O6/c1-11-5-12(8-22-17(11)27)6-16(26)21(19(29)23-20(30)24-21)10-25-9-13-3-4-14(31-2)7-15(13)18(25)28/h3-5,7,12H,6,8-10H2,1-2H3,(H,22,27)(H2,23,24,29,30)/t12?,21-/m0/s1. The number of hydrogen-bond acceptors (Lipinski definition) is 6. The van der Waals surface area contributed by atoms with Crippen molar-refractivity contribution in [1.82, 2.24) is 20.9 Å². The van der Waals surface area contributed by atoms with Gasteiger partial charge in [-0.1, -0.05) is 12.1 Å². The van der Waals surface area contributed by atoms with E-state index in [9.17, 15) is 24.0 Å². The fraction of sp³-hybridized carbons (Fsp3) is 0.381. The summed E-state index contributed by atoms with van der Waals surface area (Å²) in [5.41, 5.74) is -0.230. The first-order chi connectivity index (χ1) is 14.7. The van der Waals surface area contributed by atoms with Crippen LogP contribution in [0.5, 0.6) is 5.75 Å². The molecule has 3 heterocycles. The number of amides is 5. The SMILES string of the molecule is COc1ccc2c(c1)C(=O)N(C[C@@]1(C(=O)CC3C=C(C)C(=O)NC3)NC(=O)NC1=O)C2. The number of carbonyl (C=O) groups is 5. The van der Waals surface area contributed by atoms with Crippen LogP contribution in [0.1, 0.15) is 29.3 Å². The van der Waals surface area contributed by atoms with Crippen LogP contribution in [-0.2, 0) is 20.9 Å². The number of benzene rings is 1. The van der Waals surface area contributed by atoms with Crippen LogP contribution in [0.4, 0.5) is 4.79 Å². The molecule has 10 nitrogen and oxygen atoms in total. The summed E-state index contributed by atoms with van der Waals surface area (Å²) in [6.45, 7) is 1.80. The van der Waals surface area contributed by atoms with Crippen molar-refractivity contribution in [3.63, 3.8) is 0 Å². The van der Waals surface area contributed by atoms with Crippen LogP contribution in [0, 0.1) is 5.92 Å². The van der Waals surface area contributed by atoms with E-state index in [0.717, 1.165) is 5.56 Å². The Labute approximate surface area is 178 Å². The van der Waals surface area contributed by atoms with Gasteiger partial charge in [0.2, 0.25) is 5.91 Å². The Morgan fingerprint density at radius 2 is 2.03 bits per heavy atom. The van der Waals surface area contributed by atoms with Gasteiger partial charge in [-0.2, -0.15) is 0 Å². The lowest BCUT2D eigenvalue weighted by Gasteiger charge is -2.31. The molecule has 3 aliphatic heterocycles. The van der Waals surface area contributed by atoms with Gasteiger partial charge in [0.05, 0.1) is 13.7 Å². The van der Waals surface area contributed by atoms with Gasteiger partial charge in [-0.15, -0.1) is 0 Å². The third-order valence-corrected chi connectivity index (χ3v) is 5.86. The molecule has 1 aromatic rings. The summed E-state index contributed by atoms with van der Waals surface area (Å²) in [5, 5.41) is 7.25. The molecule has 10 heteroatoms. The third-order valence-electron chi connectivity index (χ3n) is 5.86. The maximum atomic E-state index is 13.3. The van der Waals surface area contributed by atoms with Crippen molar-refractivity contribution in [1.29, 1.82) is 0 Å². The molecule has 1 fully saturated rings. The van der Waals surface area contributed by atoms with Crippen molar-refractivity contribution < 1.29 is 28.7 Å². The molecule has 1 aromatic carbocycles. The monoisotopic (exact) mass is 426 g/mol. The van der Waals surface area contributed by atoms with Gasteiger partial charge >= 0.3 is 6.03 Å². The van der Waals surface area contributed by atoms with E-state index in [1.54, 1.807) is 31.2 Å². The molecule has 0 radical (unpaired) electrons. The molecule has 1 saturated heterocycles. The summed E-state index contributed by atoms with van der Waals surface area (Å²) in [6.07, 6.45) is 1.61. The van der Waals surface area contributed by atoms with Gasteiger partial charge in [0, 0.05) is 36.6 Å². The number of hydrogen-bond donors (Lipinski definition) is 3. The minimum absolute atomic E-state index is 0.0753. The number of methoxy groups -OCH3 is 1. The van der Waals surface area contributed by atoms with Crippen LogP contribution in [0.2, 0.25) is 0 Å². The molecule has 0 saturated carbocycles. The van der Waals surface area contributed by atoms with Crippen LogP contribution < -0.4 is 20.7 Å². The average molecular weight is 426 g/mol. The number of Topliss-reactive ketones (excluding diaryl/α,β-unsaturated/α-hetero) is 1. The van der Waals surface area contributed by atoms with E-state index in [1.807, 2.05) is 0 Å². The molecule has 0 aromatic heterocycles. The first-order valence-corrected chi connectivity index (χ1v) is 9.83. The Morgan fingerprint density at radius 1 is 1.26 bits per heavy atom. The lowest BCUT2D eigenvalue weighted by Crippen LogP contribution is -2.61. The molecule has 5 amide bonds. The van der Waals surface area contributed by atoms with E-state index in [1.165, 1.54) is 12.0 Å². The van der Waals surface area contributed by atoms with Crippen molar-refractivity contribution in [3.05, 3.63) is 41.0 Å². The molecule has 3 N–H and O–H groups in total. The normalized spacial score (nSPS) is 24.9. The Hall–Kier alpha value is -3.69. The second kappa shape index (κ2) is 7.53. The lowest BCUT2D eigenvalue weighted by atomic mass is 9.85. The third kappa shape index (κ3) is 3.54. The van der Waals surface area contributed by atoms with Gasteiger partial charge in [0.1, 0.15) is 5.75 Å². The number of fused-ring (bicyclic) bond motifs is 1. The van der Waals surface area contributed by atoms with E-state index < -0.39 is 23.3 Å². The molecule has 0 bridgehead atoms. The van der Waals surface area contributed by atoms with Crippen molar-refractivity contribution in [2.75, 3.05) is 20.2 Å². The highest BCUT2D eigenvalue weighted by Crippen LogP contribution is 2.30. The Balaban J connectivity index is 1.58. The van der Waals surface area contributed by atoms with Crippen LogP contribution in [0.15, 0.2) is 29.8 Å². The summed E-state index contributed by atoms with van der Waals surface area (Å²) in [7, 11) is 1.49. The zero-order chi connectivity index (χ0) is 22.3. The predicted octanol–water partition coefficient (Wildman–Crippen LogP) is -0.119. The number of urea groups is 1. The fourth-order valence-electron chi connectivity index (χ4n) is 4.16. The highest BCUT2D eigenvalue weighted by Gasteiger charge is 2.54. The largest absolute Gasteiger partial charge is 0.497 e. The predicted molar refractivity (Wildman–Crippen MR) is 107 cm³/mol. The Kier molecular flexibility index (Phi) is 5.00. The van der Waals surface area contributed by atoms with Crippen LogP contribution in [-0.4, -0.2) is 60.2 Å². The molecular weight excluding hydrogens is 404 g/mol. The van der Waals surface area contributed by atoms with Crippen LogP contribution >= 0.6 is 0 Å². The number of carbonyl (C=O) groups excluding carboxylic acids is 5. The average Bonchev–Trinajstić information content (AvgIpc) is 3.20. The molecule has 0 aliphatic carbocycles. The smallest absolute Gasteiger partial charge is 0.322 e. The minimum atomic E-state index is -1.89. The van der Waals surface area contributed by atoms with Gasteiger partial charge in [0.25, 0.3) is 11.8 Å². The number of ketones is 1. The quantitative estimate of drug-likeness (QED) is 0.429. The molecule has 162 valence electrons. The van der Waals surface area contributed by atoms with Crippen molar-refractivity contribution in [2.24, 2.45) is 5.92 Å². The molecule has 0 spiro atoms. The number of nitrogens with zero attached hydrogens (tertiary/aromatic N) is 1. The highest BCUT2D eigenvalue weighted by atomic mass is 16.5. The number of imide groups is 1. The molecule has 4 rings (SSSR count). The number of ether oxygens (including phenoxy) is 1. The summed E-state index contributed by atoms with van der Waals surface area (Å²) >= 11 is 0. The molecule has 31 heavy (non-hydrogen) atoms. The van der Waals surface area contributed by atoms with Gasteiger partial charge in [0.15, 0.2) is 11.3 Å². The number of nitrogens with one attached hydrogen (secondary N) is 3. The zero-order valence-electron chi connectivity index (χ0n) is 17.1. The lowest BCUT2D eigenvalue weighted by molar-refractivity contribution is -0.136. The number of rotatable bonds is 6. The van der Waals surface area contributed by atoms with E-state index in [4.69, 9.17) is 4.74 Å². The maximum absolute atomic E-state index is 13.3. The second-order valence-corrected chi connectivity index (χ2v) is 7.94. The topological polar surface area (TPSA) is 134 Å². The summed E-state index contributed by atoms with van der Waals surface area (Å²) < 4.78 is 5.17. The van der Waals surface area contributed by atoms with E-state index >= 15 is 0 Å². The fourth-order valence-corrected chi connectivity index (χ4v) is 4.16. The molecule has 2 atom stereocenters. The van der Waals surface area contributed by atoms with E-state index in [-0.39, 0.29) is 43.8 Å². The van der Waals surface area contributed by atoms with E-state index in [2.05, 4.69) is 16.0 Å². The molecule has 1 unspecified atom stereocenters. The minimum Gasteiger partial charge on any atom is -0.497 e. The molecule has 3 aliphatic rings. The van der Waals surface area contributed by atoms with Crippen LogP contribution in [0.25, 0.3) is 0 Å². The van der Waals surface area contributed by atoms with E-state index in [0.29, 0.717) is 16.9 Å². The van der Waals surface area contributed by atoms with Crippen molar-refractivity contribution in [3.8, 4) is 5.75 Å². The van der Waals surface area contributed by atoms with Gasteiger partial charge in [-0.3, -0.25) is 24.5 Å². The Bertz CT molecular complexity index is 1050. The first-order valence-electron chi connectivity index (χ1n) is 9.83. The summed E-state index contributed by atoms with van der Waals surface area (Å²) in [6, 6.07) is 4.31. The maximum Gasteiger partial charge on any atom is 0.322 e. The summed E-state index contributed by atoms with van der Waals surface area (Å²) in [5.74, 6) is -1.67. The summed E-state index contributed by atoms with van der Waals surface area (Å²) in [4.78, 5) is 63.8. The van der Waals surface area contributed by atoms with Crippen molar-refractivity contribution in [2.45, 2.75) is 25.4 Å². The van der Waals surface area contributed by atoms with Gasteiger partial charge < -0.3 is 20.3 Å². The second-order valence-electron chi connectivity index (χ2n) is 7.94. The van der Waals surface area contributed by atoms with Gasteiger partial charge in [-0.05, 0) is 24.6 Å². The van der Waals surface area contributed by atoms with Crippen molar-refractivity contribution >= 4 is 29.5 Å². The first kappa shape index (κ1) is 20.6. The zero-order valence-corrected chi connectivity index (χ0v) is 17.1. The van der Waals surface area contributed by atoms with Crippen LogP contribution in [0.3, 0.4) is 0 Å². The molecular formula is C21H22N4O6. The van der Waals surface area contributed by atoms with Gasteiger partial charge in [-0.25, -0.2) is 4.79 Å².